The van der Waals surface area contributed by atoms with Gasteiger partial charge < -0.3 is 20.1 Å². The van der Waals surface area contributed by atoms with Gasteiger partial charge in [-0.1, -0.05) is 0 Å². The second kappa shape index (κ2) is 8.55. The molecule has 0 atom stereocenters. The Morgan fingerprint density at radius 1 is 1.22 bits per heavy atom. The number of amides is 1. The van der Waals surface area contributed by atoms with Crippen molar-refractivity contribution in [1.82, 2.24) is 14.9 Å². The quantitative estimate of drug-likeness (QED) is 0.678. The average Bonchev–Trinajstić information content (AvgIpc) is 2.82. The number of nitrogens with two attached hydrogens (primary N) is 1. The minimum Gasteiger partial charge on any atom is -0.493 e. The summed E-state index contributed by atoms with van der Waals surface area (Å²) in [6, 6.07) is 9.38. The first-order valence-electron chi connectivity index (χ1n) is 10.1. The highest BCUT2D eigenvalue weighted by Crippen LogP contribution is 2.44. The van der Waals surface area contributed by atoms with Crippen LogP contribution < -0.4 is 15.2 Å². The summed E-state index contributed by atoms with van der Waals surface area (Å²) in [4.78, 5) is 23.3. The van der Waals surface area contributed by atoms with E-state index in [1.165, 1.54) is 0 Å². The number of nitriles is 1. The van der Waals surface area contributed by atoms with Crippen LogP contribution in [0.15, 0.2) is 36.7 Å². The van der Waals surface area contributed by atoms with E-state index in [9.17, 15) is 10.1 Å². The molecule has 2 N–H and O–H groups in total. The van der Waals surface area contributed by atoms with E-state index >= 15 is 0 Å². The molecule has 32 heavy (non-hydrogen) atoms. The number of benzene rings is 1. The Labute approximate surface area is 186 Å². The summed E-state index contributed by atoms with van der Waals surface area (Å²) >= 11 is 0. The molecule has 0 aliphatic carbocycles. The lowest BCUT2D eigenvalue weighted by Crippen LogP contribution is -2.37. The maximum Gasteiger partial charge on any atom is 0.254 e. The maximum absolute atomic E-state index is 13.1. The number of aryl methyl sites for hydroxylation is 1. The van der Waals surface area contributed by atoms with Crippen LogP contribution in [0.4, 0.5) is 5.82 Å². The van der Waals surface area contributed by atoms with E-state index < -0.39 is 0 Å². The monoisotopic (exact) mass is 429 g/mol. The van der Waals surface area contributed by atoms with Gasteiger partial charge in [-0.15, -0.1) is 0 Å². The second-order valence-electron chi connectivity index (χ2n) is 7.54. The zero-order valence-corrected chi connectivity index (χ0v) is 18.2. The number of nitrogens with zero attached hydrogens (tertiary/aromatic N) is 4. The van der Waals surface area contributed by atoms with Gasteiger partial charge in [0.1, 0.15) is 17.5 Å². The molecule has 0 saturated heterocycles. The Morgan fingerprint density at radius 2 is 1.97 bits per heavy atom. The molecule has 0 bridgehead atoms. The molecule has 162 valence electrons. The van der Waals surface area contributed by atoms with E-state index in [4.69, 9.17) is 15.2 Å². The molecule has 8 nitrogen and oxygen atoms in total. The number of anilines is 1. The fourth-order valence-corrected chi connectivity index (χ4v) is 4.13. The van der Waals surface area contributed by atoms with Gasteiger partial charge in [0.15, 0.2) is 11.5 Å². The third-order valence-corrected chi connectivity index (χ3v) is 5.60. The molecule has 0 spiro atoms. The van der Waals surface area contributed by atoms with Crippen molar-refractivity contribution in [3.63, 3.8) is 0 Å². The van der Waals surface area contributed by atoms with Crippen LogP contribution in [-0.2, 0) is 13.0 Å². The first kappa shape index (κ1) is 21.1. The summed E-state index contributed by atoms with van der Waals surface area (Å²) in [5.41, 5.74) is 10.8. The highest BCUT2D eigenvalue weighted by atomic mass is 16.5. The number of ether oxygens (including phenoxy) is 2. The number of fused-ring (bicyclic) bond motifs is 1. The van der Waals surface area contributed by atoms with Crippen LogP contribution in [0, 0.1) is 18.3 Å². The molecular formula is C24H23N5O3. The minimum atomic E-state index is -0.104. The number of nitrogen functional groups attached to an aromatic ring is 1. The van der Waals surface area contributed by atoms with E-state index in [1.54, 1.807) is 43.6 Å². The van der Waals surface area contributed by atoms with Gasteiger partial charge in [0.05, 0.1) is 19.9 Å². The predicted molar refractivity (Wildman–Crippen MR) is 119 cm³/mol. The normalized spacial score (nSPS) is 12.6. The summed E-state index contributed by atoms with van der Waals surface area (Å²) in [7, 11) is 3.12. The highest BCUT2D eigenvalue weighted by molar-refractivity contribution is 5.94. The third-order valence-electron chi connectivity index (χ3n) is 5.60. The van der Waals surface area contributed by atoms with E-state index in [0.29, 0.717) is 47.7 Å². The standard InChI is InChI=1S/C24H23N5O3/c1-14-10-16(22(32-3)20(11-14)31-2)21-17(12-25)23(26)28-19-6-9-29(13-18(19)21)24(30)15-4-7-27-8-5-15/h4-5,7-8,10-11H,6,9,13H2,1-3H3,(H2,26,28). The fourth-order valence-electron chi connectivity index (χ4n) is 4.13. The van der Waals surface area contributed by atoms with Gasteiger partial charge in [-0.3, -0.25) is 9.78 Å². The Hall–Kier alpha value is -4.12. The number of hydrogen-bond acceptors (Lipinski definition) is 7. The number of methoxy groups -OCH3 is 2. The van der Waals surface area contributed by atoms with Gasteiger partial charge in [0, 0.05) is 54.2 Å². The molecule has 0 saturated carbocycles. The van der Waals surface area contributed by atoms with Crippen molar-refractivity contribution in [3.8, 4) is 28.7 Å². The Bertz CT molecular complexity index is 1230. The number of pyridine rings is 2. The summed E-state index contributed by atoms with van der Waals surface area (Å²) in [6.07, 6.45) is 3.72. The molecule has 1 aliphatic heterocycles. The lowest BCUT2D eigenvalue weighted by molar-refractivity contribution is 0.0734. The zero-order valence-electron chi connectivity index (χ0n) is 18.2. The molecule has 0 radical (unpaired) electrons. The van der Waals surface area contributed by atoms with Gasteiger partial charge in [-0.25, -0.2) is 4.98 Å². The van der Waals surface area contributed by atoms with Gasteiger partial charge in [0.2, 0.25) is 0 Å². The van der Waals surface area contributed by atoms with Gasteiger partial charge in [-0.05, 0) is 36.8 Å². The molecule has 3 heterocycles. The van der Waals surface area contributed by atoms with Crippen molar-refractivity contribution in [2.24, 2.45) is 0 Å². The number of rotatable bonds is 4. The average molecular weight is 429 g/mol. The topological polar surface area (TPSA) is 114 Å². The first-order valence-corrected chi connectivity index (χ1v) is 10.1. The molecule has 3 aromatic rings. The summed E-state index contributed by atoms with van der Waals surface area (Å²) in [5.74, 6) is 1.11. The van der Waals surface area contributed by atoms with Crippen molar-refractivity contribution in [2.45, 2.75) is 19.9 Å². The van der Waals surface area contributed by atoms with E-state index in [2.05, 4.69) is 16.0 Å². The van der Waals surface area contributed by atoms with Gasteiger partial charge in [-0.2, -0.15) is 5.26 Å². The van der Waals surface area contributed by atoms with Crippen molar-refractivity contribution in [3.05, 3.63) is 64.6 Å². The maximum atomic E-state index is 13.1. The van der Waals surface area contributed by atoms with E-state index in [1.807, 2.05) is 19.1 Å². The molecule has 1 aromatic carbocycles. The smallest absolute Gasteiger partial charge is 0.254 e. The number of carbonyl (C=O) groups excluding carboxylic acids is 1. The summed E-state index contributed by atoms with van der Waals surface area (Å²) < 4.78 is 11.2. The number of hydrogen-bond donors (Lipinski definition) is 1. The fraction of sp³-hybridized carbons (Fsp3) is 0.250. The van der Waals surface area contributed by atoms with Crippen molar-refractivity contribution < 1.29 is 14.3 Å². The SMILES string of the molecule is COc1cc(C)cc(-c2c(C#N)c(N)nc3c2CN(C(=O)c2ccncc2)CC3)c1OC. The van der Waals surface area contributed by atoms with Crippen molar-refractivity contribution in [1.29, 1.82) is 5.26 Å². The molecule has 8 heteroatoms. The van der Waals surface area contributed by atoms with Crippen LogP contribution in [0.5, 0.6) is 11.5 Å². The highest BCUT2D eigenvalue weighted by Gasteiger charge is 2.30. The van der Waals surface area contributed by atoms with Crippen LogP contribution in [0.25, 0.3) is 11.1 Å². The van der Waals surface area contributed by atoms with Crippen LogP contribution in [-0.4, -0.2) is 41.5 Å². The Morgan fingerprint density at radius 3 is 2.62 bits per heavy atom. The van der Waals surface area contributed by atoms with Crippen molar-refractivity contribution in [2.75, 3.05) is 26.5 Å². The number of aromatic nitrogens is 2. The largest absolute Gasteiger partial charge is 0.493 e. The van der Waals surface area contributed by atoms with Crippen LogP contribution in [0.2, 0.25) is 0 Å². The Kier molecular flexibility index (Phi) is 5.65. The lowest BCUT2D eigenvalue weighted by Gasteiger charge is -2.31. The molecule has 0 fully saturated rings. The summed E-state index contributed by atoms with van der Waals surface area (Å²) in [5, 5.41) is 9.95. The molecular weight excluding hydrogens is 406 g/mol. The molecule has 2 aromatic heterocycles. The second-order valence-corrected chi connectivity index (χ2v) is 7.54. The molecule has 4 rings (SSSR count). The van der Waals surface area contributed by atoms with Crippen LogP contribution >= 0.6 is 0 Å². The minimum absolute atomic E-state index is 0.104. The lowest BCUT2D eigenvalue weighted by atomic mass is 9.89. The zero-order chi connectivity index (χ0) is 22.8. The predicted octanol–water partition coefficient (Wildman–Crippen LogP) is 3.12. The molecule has 1 aliphatic rings. The first-order chi connectivity index (χ1) is 15.5. The van der Waals surface area contributed by atoms with Crippen molar-refractivity contribution >= 4 is 11.7 Å². The number of carbonyl (C=O) groups is 1. The van der Waals surface area contributed by atoms with Crippen LogP contribution in [0.1, 0.15) is 32.7 Å². The van der Waals surface area contributed by atoms with Crippen LogP contribution in [0.3, 0.4) is 0 Å². The summed E-state index contributed by atoms with van der Waals surface area (Å²) in [6.45, 7) is 2.74. The molecule has 0 unspecified atom stereocenters. The van der Waals surface area contributed by atoms with Gasteiger partial charge >= 0.3 is 0 Å². The van der Waals surface area contributed by atoms with E-state index in [0.717, 1.165) is 16.8 Å². The third kappa shape index (κ3) is 3.58. The van der Waals surface area contributed by atoms with Gasteiger partial charge in [0.25, 0.3) is 5.91 Å². The Balaban J connectivity index is 1.91. The van der Waals surface area contributed by atoms with E-state index in [-0.39, 0.29) is 17.3 Å². The molecule has 1 amide bonds.